The number of hydrogen-bond acceptors (Lipinski definition) is 2. The molecule has 0 rings (SSSR count). The summed E-state index contributed by atoms with van der Waals surface area (Å²) in [6, 6.07) is 0. The van der Waals surface area contributed by atoms with Crippen LogP contribution in [-0.4, -0.2) is 5.25 Å². The molecule has 0 aliphatic heterocycles. The summed E-state index contributed by atoms with van der Waals surface area (Å²) < 4.78 is 0. The molecule has 0 bridgehead atoms. The maximum atomic E-state index is 5.10. The van der Waals surface area contributed by atoms with Crippen LogP contribution in [0.4, 0.5) is 0 Å². The second-order valence-corrected chi connectivity index (χ2v) is 11.9. The molecule has 2 atom stereocenters. The molecule has 0 fully saturated rings. The van der Waals surface area contributed by atoms with Crippen molar-refractivity contribution in [3.05, 3.63) is 0 Å². The Labute approximate surface area is 85.2 Å². The van der Waals surface area contributed by atoms with Crippen molar-refractivity contribution in [2.45, 2.75) is 39.4 Å². The topological polar surface area (TPSA) is 0 Å². The van der Waals surface area contributed by atoms with Gasteiger partial charge in [0.25, 0.3) is 0 Å². The van der Waals surface area contributed by atoms with E-state index >= 15 is 0 Å². The zero-order valence-corrected chi connectivity index (χ0v) is 11.1. The van der Waals surface area contributed by atoms with Crippen molar-refractivity contribution in [1.82, 2.24) is 0 Å². The predicted octanol–water partition coefficient (Wildman–Crippen LogP) is 3.98. The van der Waals surface area contributed by atoms with Crippen LogP contribution in [0.5, 0.6) is 0 Å². The van der Waals surface area contributed by atoms with Gasteiger partial charge in [0.2, 0.25) is 0 Å². The van der Waals surface area contributed by atoms with E-state index in [1.165, 1.54) is 6.42 Å². The molecule has 11 heavy (non-hydrogen) atoms. The standard InChI is InChI=1S/C7H17PS3/c1-5-7(3,4)6(2)11-8(9)10/h6,8H,5H2,1-4H3,(H,9,10). The quantitative estimate of drug-likeness (QED) is 0.571. The van der Waals surface area contributed by atoms with E-state index in [1.807, 2.05) is 11.4 Å². The van der Waals surface area contributed by atoms with Crippen molar-refractivity contribution in [3.8, 4) is 0 Å². The molecule has 2 unspecified atom stereocenters. The molecule has 68 valence electrons. The Morgan fingerprint density at radius 3 is 2.36 bits per heavy atom. The first-order chi connectivity index (χ1) is 4.90. The van der Waals surface area contributed by atoms with Crippen LogP contribution in [0.2, 0.25) is 0 Å². The third-order valence-corrected chi connectivity index (χ3v) is 6.96. The Kier molecular flexibility index (Phi) is 5.79. The molecule has 0 aliphatic carbocycles. The molecule has 0 aromatic carbocycles. The largest absolute Gasteiger partial charge is 0.134 e. The molecule has 0 saturated heterocycles. The molecule has 0 nitrogen and oxygen atoms in total. The first-order valence-corrected chi connectivity index (χ1v) is 9.32. The van der Waals surface area contributed by atoms with Crippen LogP contribution in [0.3, 0.4) is 0 Å². The van der Waals surface area contributed by atoms with Gasteiger partial charge in [0.15, 0.2) is 0 Å². The van der Waals surface area contributed by atoms with E-state index in [9.17, 15) is 0 Å². The lowest BCUT2D eigenvalue weighted by Gasteiger charge is -2.29. The molecular weight excluding hydrogens is 211 g/mol. The van der Waals surface area contributed by atoms with Crippen molar-refractivity contribution in [2.75, 3.05) is 0 Å². The van der Waals surface area contributed by atoms with E-state index in [1.54, 1.807) is 0 Å². The lowest BCUT2D eigenvalue weighted by atomic mass is 9.87. The van der Waals surface area contributed by atoms with Crippen LogP contribution in [-0.2, 0) is 11.8 Å². The minimum atomic E-state index is -0.832. The van der Waals surface area contributed by atoms with Gasteiger partial charge in [-0.1, -0.05) is 39.5 Å². The van der Waals surface area contributed by atoms with E-state index in [-0.39, 0.29) is 0 Å². The van der Waals surface area contributed by atoms with E-state index in [0.717, 1.165) is 0 Å². The Bertz CT molecular complexity index is 145. The molecule has 0 saturated carbocycles. The zero-order valence-electron chi connectivity index (χ0n) is 7.55. The van der Waals surface area contributed by atoms with Crippen molar-refractivity contribution in [3.63, 3.8) is 0 Å². The Morgan fingerprint density at radius 1 is 1.64 bits per heavy atom. The summed E-state index contributed by atoms with van der Waals surface area (Å²) in [4.78, 5) is 0. The maximum Gasteiger partial charge on any atom is 0.0425 e. The highest BCUT2D eigenvalue weighted by Crippen LogP contribution is 2.50. The molecular formula is C7H17PS3. The summed E-state index contributed by atoms with van der Waals surface area (Å²) in [6.07, 6.45) is 1.21. The fourth-order valence-corrected chi connectivity index (χ4v) is 5.97. The number of hydrogen-bond donors (Lipinski definition) is 1. The molecule has 0 aromatic rings. The van der Waals surface area contributed by atoms with Crippen LogP contribution in [0.1, 0.15) is 34.1 Å². The van der Waals surface area contributed by atoms with Gasteiger partial charge < -0.3 is 0 Å². The molecule has 0 radical (unpaired) electrons. The third kappa shape index (κ3) is 4.82. The molecule has 0 N–H and O–H groups in total. The number of rotatable bonds is 4. The highest BCUT2D eigenvalue weighted by atomic mass is 33.2. The van der Waals surface area contributed by atoms with Gasteiger partial charge in [-0.3, -0.25) is 0 Å². The molecule has 0 heterocycles. The van der Waals surface area contributed by atoms with Gasteiger partial charge in [0, 0.05) is 10.4 Å². The average Bonchev–Trinajstić information content (AvgIpc) is 1.86. The maximum absolute atomic E-state index is 5.10. The molecule has 4 heteroatoms. The summed E-state index contributed by atoms with van der Waals surface area (Å²) in [5.41, 5.74) is 0.405. The second kappa shape index (κ2) is 5.16. The lowest BCUT2D eigenvalue weighted by Crippen LogP contribution is -2.21. The Morgan fingerprint density at radius 2 is 2.09 bits per heavy atom. The van der Waals surface area contributed by atoms with E-state index in [4.69, 9.17) is 11.8 Å². The van der Waals surface area contributed by atoms with Gasteiger partial charge in [0.05, 0.1) is 0 Å². The van der Waals surface area contributed by atoms with Crippen LogP contribution >= 0.6 is 28.7 Å². The minimum absolute atomic E-state index is 0.405. The summed E-state index contributed by atoms with van der Waals surface area (Å²) in [5.74, 6) is 0. The summed E-state index contributed by atoms with van der Waals surface area (Å²) in [6.45, 7) is 9.06. The molecule has 0 aliphatic rings. The summed E-state index contributed by atoms with van der Waals surface area (Å²) >= 11 is 11.3. The van der Waals surface area contributed by atoms with Gasteiger partial charge in [-0.15, -0.1) is 23.6 Å². The molecule has 0 spiro atoms. The minimum Gasteiger partial charge on any atom is -0.134 e. The monoisotopic (exact) mass is 228 g/mol. The van der Waals surface area contributed by atoms with Gasteiger partial charge >= 0.3 is 0 Å². The molecule has 0 aromatic heterocycles. The van der Waals surface area contributed by atoms with Gasteiger partial charge in [-0.05, 0) is 11.8 Å². The van der Waals surface area contributed by atoms with E-state index in [0.29, 0.717) is 10.7 Å². The average molecular weight is 228 g/mol. The summed E-state index contributed by atoms with van der Waals surface area (Å²) in [7, 11) is 0. The fourth-order valence-electron chi connectivity index (χ4n) is 0.598. The first-order valence-electron chi connectivity index (χ1n) is 3.79. The smallest absolute Gasteiger partial charge is 0.0425 e. The van der Waals surface area contributed by atoms with Gasteiger partial charge in [-0.2, -0.15) is 0 Å². The fraction of sp³-hybridized carbons (Fsp3) is 1.00. The Hall–Kier alpha value is 1.35. The predicted molar refractivity (Wildman–Crippen MR) is 65.8 cm³/mol. The first kappa shape index (κ1) is 12.3. The highest BCUT2D eigenvalue weighted by molar-refractivity contribution is 8.90. The van der Waals surface area contributed by atoms with Crippen LogP contribution in [0, 0.1) is 5.41 Å². The van der Waals surface area contributed by atoms with Crippen molar-refractivity contribution in [2.24, 2.45) is 5.41 Å². The van der Waals surface area contributed by atoms with Crippen LogP contribution in [0.25, 0.3) is 0 Å². The lowest BCUT2D eigenvalue weighted by molar-refractivity contribution is 0.351. The normalized spacial score (nSPS) is 17.9. The van der Waals surface area contributed by atoms with Gasteiger partial charge in [0.1, 0.15) is 0 Å². The van der Waals surface area contributed by atoms with E-state index in [2.05, 4.69) is 39.9 Å². The Balaban J connectivity index is 4.01. The third-order valence-electron chi connectivity index (χ3n) is 2.29. The van der Waals surface area contributed by atoms with Crippen molar-refractivity contribution >= 4 is 40.5 Å². The van der Waals surface area contributed by atoms with Crippen LogP contribution in [0.15, 0.2) is 0 Å². The van der Waals surface area contributed by atoms with Crippen molar-refractivity contribution in [1.29, 1.82) is 0 Å². The summed E-state index contributed by atoms with van der Waals surface area (Å²) in [5, 5.41) is -0.196. The highest BCUT2D eigenvalue weighted by Gasteiger charge is 2.24. The number of thiol groups is 1. The van der Waals surface area contributed by atoms with Gasteiger partial charge in [-0.25, -0.2) is 0 Å². The van der Waals surface area contributed by atoms with Crippen molar-refractivity contribution < 1.29 is 0 Å². The van der Waals surface area contributed by atoms with Crippen LogP contribution < -0.4 is 0 Å². The van der Waals surface area contributed by atoms with E-state index < -0.39 is 5.10 Å². The second-order valence-electron chi connectivity index (χ2n) is 3.37. The zero-order chi connectivity index (χ0) is 9.07. The SMILES string of the molecule is CCC(C)(C)C(C)S[PH](=S)S. The molecule has 0 amide bonds.